The average molecular weight is 281 g/mol. The summed E-state index contributed by atoms with van der Waals surface area (Å²) in [6.07, 6.45) is 1.42. The Kier molecular flexibility index (Phi) is 3.48. The van der Waals surface area contributed by atoms with E-state index in [2.05, 4.69) is 14.7 Å². The van der Waals surface area contributed by atoms with Crippen LogP contribution in [0.15, 0.2) is 35.4 Å². The average Bonchev–Trinajstić information content (AvgIpc) is 2.27. The maximum Gasteiger partial charge on any atom is 0.265 e. The summed E-state index contributed by atoms with van der Waals surface area (Å²) in [5.74, 6) is -0.268. The molecule has 1 heterocycles. The third kappa shape index (κ3) is 3.05. The van der Waals surface area contributed by atoms with Crippen LogP contribution in [0.2, 0.25) is 0 Å². The molecule has 0 spiro atoms. The molecule has 5 nitrogen and oxygen atoms in total. The zero-order valence-electron chi connectivity index (χ0n) is 10.4. The highest BCUT2D eigenvalue weighted by Crippen LogP contribution is 2.18. The predicted octanol–water partition coefficient (Wildman–Crippen LogP) is 2.03. The number of hydrogen-bond acceptors (Lipinski definition) is 4. The van der Waals surface area contributed by atoms with E-state index in [1.54, 1.807) is 13.8 Å². The molecule has 1 N–H and O–H groups in total. The lowest BCUT2D eigenvalue weighted by atomic mass is 10.2. The van der Waals surface area contributed by atoms with Crippen molar-refractivity contribution in [2.45, 2.75) is 18.7 Å². The van der Waals surface area contributed by atoms with Gasteiger partial charge in [-0.05, 0) is 37.6 Å². The highest BCUT2D eigenvalue weighted by molar-refractivity contribution is 7.92. The van der Waals surface area contributed by atoms with Gasteiger partial charge in [-0.25, -0.2) is 22.8 Å². The Bertz CT molecular complexity index is 717. The summed E-state index contributed by atoms with van der Waals surface area (Å²) in [5.41, 5.74) is 0.648. The number of anilines is 1. The molecule has 0 fully saturated rings. The Labute approximate surface area is 110 Å². The van der Waals surface area contributed by atoms with Crippen LogP contribution in [0.25, 0.3) is 0 Å². The summed E-state index contributed by atoms with van der Waals surface area (Å²) < 4.78 is 40.0. The molecule has 0 saturated heterocycles. The molecule has 100 valence electrons. The fourth-order valence-electron chi connectivity index (χ4n) is 1.53. The van der Waals surface area contributed by atoms with Crippen LogP contribution < -0.4 is 4.72 Å². The second-order valence-electron chi connectivity index (χ2n) is 4.03. The van der Waals surface area contributed by atoms with Crippen LogP contribution in [0.1, 0.15) is 11.4 Å². The van der Waals surface area contributed by atoms with E-state index in [0.717, 1.165) is 0 Å². The van der Waals surface area contributed by atoms with E-state index in [1.807, 2.05) is 0 Å². The number of halogens is 1. The topological polar surface area (TPSA) is 72.0 Å². The van der Waals surface area contributed by atoms with E-state index in [1.165, 1.54) is 30.5 Å². The quantitative estimate of drug-likeness (QED) is 0.934. The largest absolute Gasteiger partial charge is 0.265 e. The molecule has 2 aromatic rings. The van der Waals surface area contributed by atoms with Crippen molar-refractivity contribution in [3.05, 3.63) is 47.7 Å². The van der Waals surface area contributed by atoms with E-state index in [9.17, 15) is 12.8 Å². The van der Waals surface area contributed by atoms with E-state index in [0.29, 0.717) is 11.4 Å². The summed E-state index contributed by atoms with van der Waals surface area (Å²) in [5, 5.41) is 0. The first-order valence-electron chi connectivity index (χ1n) is 5.47. The zero-order valence-corrected chi connectivity index (χ0v) is 11.2. The van der Waals surface area contributed by atoms with Gasteiger partial charge in [-0.1, -0.05) is 6.07 Å². The second-order valence-corrected chi connectivity index (χ2v) is 5.68. The van der Waals surface area contributed by atoms with Crippen LogP contribution >= 0.6 is 0 Å². The molecule has 0 aliphatic carbocycles. The van der Waals surface area contributed by atoms with Gasteiger partial charge in [0.25, 0.3) is 10.0 Å². The highest BCUT2D eigenvalue weighted by Gasteiger charge is 2.19. The van der Waals surface area contributed by atoms with Crippen LogP contribution in [-0.4, -0.2) is 18.4 Å². The molecular formula is C12H12FN3O2S. The van der Waals surface area contributed by atoms with Crippen molar-refractivity contribution in [3.8, 4) is 0 Å². The van der Waals surface area contributed by atoms with Crippen LogP contribution in [0, 0.1) is 19.7 Å². The monoisotopic (exact) mass is 281 g/mol. The van der Waals surface area contributed by atoms with Crippen LogP contribution in [-0.2, 0) is 10.0 Å². The molecule has 0 aliphatic rings. The Morgan fingerprint density at radius 1 is 1.21 bits per heavy atom. The Hall–Kier alpha value is -2.02. The molecule has 0 unspecified atom stereocenters. The molecule has 0 amide bonds. The minimum Gasteiger partial charge on any atom is -0.263 e. The summed E-state index contributed by atoms with van der Waals surface area (Å²) in [7, 11) is -3.99. The van der Waals surface area contributed by atoms with Crippen LogP contribution in [0.3, 0.4) is 0 Å². The van der Waals surface area contributed by atoms with E-state index in [-0.39, 0.29) is 5.82 Å². The number of hydrogen-bond donors (Lipinski definition) is 1. The SMILES string of the molecule is Cc1ccc(S(=O)(=O)Nc2ccnc(C)n2)c(F)c1. The first-order chi connectivity index (χ1) is 8.88. The Morgan fingerprint density at radius 3 is 2.58 bits per heavy atom. The molecule has 1 aromatic heterocycles. The maximum atomic E-state index is 13.7. The Balaban J connectivity index is 2.38. The van der Waals surface area contributed by atoms with Gasteiger partial charge in [0.05, 0.1) is 0 Å². The van der Waals surface area contributed by atoms with Gasteiger partial charge >= 0.3 is 0 Å². The number of sulfonamides is 1. The molecule has 0 bridgehead atoms. The van der Waals surface area contributed by atoms with Gasteiger partial charge in [0.2, 0.25) is 0 Å². The van der Waals surface area contributed by atoms with Crippen molar-refractivity contribution < 1.29 is 12.8 Å². The van der Waals surface area contributed by atoms with Crippen molar-refractivity contribution in [1.82, 2.24) is 9.97 Å². The van der Waals surface area contributed by atoms with Gasteiger partial charge < -0.3 is 0 Å². The molecular weight excluding hydrogens is 269 g/mol. The van der Waals surface area contributed by atoms with Gasteiger partial charge in [-0.15, -0.1) is 0 Å². The predicted molar refractivity (Wildman–Crippen MR) is 68.7 cm³/mol. The lowest BCUT2D eigenvalue weighted by molar-refractivity contribution is 0.569. The molecule has 0 radical (unpaired) electrons. The smallest absolute Gasteiger partial charge is 0.263 e. The fourth-order valence-corrected chi connectivity index (χ4v) is 2.59. The zero-order chi connectivity index (χ0) is 14.0. The standard InChI is InChI=1S/C12H12FN3O2S/c1-8-3-4-11(10(13)7-8)19(17,18)16-12-5-6-14-9(2)15-12/h3-7H,1-2H3,(H,14,15,16). The van der Waals surface area contributed by atoms with Gasteiger partial charge in [0.15, 0.2) is 0 Å². The van der Waals surface area contributed by atoms with Crippen molar-refractivity contribution in [3.63, 3.8) is 0 Å². The normalized spacial score (nSPS) is 11.3. The van der Waals surface area contributed by atoms with Gasteiger partial charge in [-0.2, -0.15) is 0 Å². The summed E-state index contributed by atoms with van der Waals surface area (Å²) in [6.45, 7) is 3.31. The van der Waals surface area contributed by atoms with Gasteiger partial charge in [-0.3, -0.25) is 4.72 Å². The molecule has 2 rings (SSSR count). The van der Waals surface area contributed by atoms with E-state index >= 15 is 0 Å². The molecule has 1 aromatic carbocycles. The van der Waals surface area contributed by atoms with E-state index < -0.39 is 20.7 Å². The van der Waals surface area contributed by atoms with Crippen molar-refractivity contribution in [2.75, 3.05) is 4.72 Å². The highest BCUT2D eigenvalue weighted by atomic mass is 32.2. The van der Waals surface area contributed by atoms with Crippen molar-refractivity contribution in [2.24, 2.45) is 0 Å². The van der Waals surface area contributed by atoms with Crippen LogP contribution in [0.4, 0.5) is 10.2 Å². The third-order valence-corrected chi connectivity index (χ3v) is 3.78. The summed E-state index contributed by atoms with van der Waals surface area (Å²) in [6, 6.07) is 5.32. The van der Waals surface area contributed by atoms with Crippen molar-refractivity contribution in [1.29, 1.82) is 0 Å². The summed E-state index contributed by atoms with van der Waals surface area (Å²) in [4.78, 5) is 7.35. The first-order valence-corrected chi connectivity index (χ1v) is 6.95. The van der Waals surface area contributed by atoms with Crippen molar-refractivity contribution >= 4 is 15.8 Å². The molecule has 0 atom stereocenters. The minimum absolute atomic E-state index is 0.104. The molecule has 0 saturated carbocycles. The number of nitrogens with zero attached hydrogens (tertiary/aromatic N) is 2. The van der Waals surface area contributed by atoms with Gasteiger partial charge in [0, 0.05) is 6.20 Å². The lowest BCUT2D eigenvalue weighted by Gasteiger charge is -2.08. The molecule has 19 heavy (non-hydrogen) atoms. The number of aromatic nitrogens is 2. The van der Waals surface area contributed by atoms with Gasteiger partial charge in [0.1, 0.15) is 22.4 Å². The number of aryl methyl sites for hydroxylation is 2. The Morgan fingerprint density at radius 2 is 1.95 bits per heavy atom. The number of rotatable bonds is 3. The second kappa shape index (κ2) is 4.93. The maximum absolute atomic E-state index is 13.7. The number of nitrogens with one attached hydrogen (secondary N) is 1. The fraction of sp³-hybridized carbons (Fsp3) is 0.167. The molecule has 7 heteroatoms. The summed E-state index contributed by atoms with van der Waals surface area (Å²) >= 11 is 0. The number of benzene rings is 1. The lowest BCUT2D eigenvalue weighted by Crippen LogP contribution is -2.16. The minimum atomic E-state index is -3.99. The molecule has 0 aliphatic heterocycles. The third-order valence-electron chi connectivity index (χ3n) is 2.39. The van der Waals surface area contributed by atoms with Crippen LogP contribution in [0.5, 0.6) is 0 Å². The first kappa shape index (κ1) is 13.4. The van der Waals surface area contributed by atoms with E-state index in [4.69, 9.17) is 0 Å².